The predicted octanol–water partition coefficient (Wildman–Crippen LogP) is 3.32. The van der Waals surface area contributed by atoms with Crippen LogP contribution in [0.25, 0.3) is 0 Å². The normalized spacial score (nSPS) is 13.3. The zero-order chi connectivity index (χ0) is 19.6. The van der Waals surface area contributed by atoms with Crippen molar-refractivity contribution in [2.24, 2.45) is 0 Å². The number of carboxylic acids is 1. The first kappa shape index (κ1) is 20.8. The van der Waals surface area contributed by atoms with Gasteiger partial charge < -0.3 is 19.7 Å². The fourth-order valence-electron chi connectivity index (χ4n) is 1.98. The average molecular weight is 364 g/mol. The molecule has 1 rings (SSSR count). The maximum absolute atomic E-state index is 13.3. The number of hydrogen-bond acceptors (Lipinski definition) is 5. The molecule has 0 aliphatic heterocycles. The number of halogens is 3. The molecule has 0 heterocycles. The van der Waals surface area contributed by atoms with Crippen LogP contribution in [-0.2, 0) is 22.1 Å². The number of aliphatic hydroxyl groups is 1. The first-order chi connectivity index (χ1) is 11.2. The predicted molar refractivity (Wildman–Crippen MR) is 80.4 cm³/mol. The number of carboxylic acid groups (broad SMARTS) is 1. The molecule has 0 bridgehead atoms. The van der Waals surface area contributed by atoms with Crippen LogP contribution in [0.15, 0.2) is 12.1 Å². The molecule has 0 saturated carbocycles. The number of hydrogen-bond donors (Lipinski definition) is 2. The fourth-order valence-corrected chi connectivity index (χ4v) is 1.98. The summed E-state index contributed by atoms with van der Waals surface area (Å²) in [6.45, 7) is 5.86. The van der Waals surface area contributed by atoms with Gasteiger partial charge in [-0.15, -0.1) is 0 Å². The number of aliphatic hydroxyl groups excluding tert-OH is 1. The maximum Gasteiger partial charge on any atom is 0.514 e. The van der Waals surface area contributed by atoms with Crippen LogP contribution < -0.4 is 4.74 Å². The van der Waals surface area contributed by atoms with Crippen molar-refractivity contribution in [1.82, 2.24) is 0 Å². The summed E-state index contributed by atoms with van der Waals surface area (Å²) in [5.74, 6) is -2.28. The van der Waals surface area contributed by atoms with Crippen LogP contribution in [0.4, 0.5) is 18.0 Å². The molecule has 0 fully saturated rings. The summed E-state index contributed by atoms with van der Waals surface area (Å²) in [4.78, 5) is 22.3. The molecule has 1 atom stereocenters. The second kappa shape index (κ2) is 7.30. The maximum atomic E-state index is 13.3. The molecule has 140 valence electrons. The quantitative estimate of drug-likeness (QED) is 0.629. The second-order valence-corrected chi connectivity index (χ2v) is 6.41. The van der Waals surface area contributed by atoms with Crippen molar-refractivity contribution in [3.05, 3.63) is 28.8 Å². The summed E-state index contributed by atoms with van der Waals surface area (Å²) >= 11 is 0. The van der Waals surface area contributed by atoms with E-state index in [1.807, 2.05) is 0 Å². The van der Waals surface area contributed by atoms with Crippen molar-refractivity contribution in [2.45, 2.75) is 52.0 Å². The molecule has 0 spiro atoms. The SMILES string of the molecule is Cc1cc(C[C@@H](O)C(=O)O)cc(C(F)(F)F)c1OC(=O)OC(C)(C)C. The zero-order valence-corrected chi connectivity index (χ0v) is 14.1. The van der Waals surface area contributed by atoms with Gasteiger partial charge in [-0.05, 0) is 44.9 Å². The van der Waals surface area contributed by atoms with Gasteiger partial charge in [0.05, 0.1) is 5.56 Å². The van der Waals surface area contributed by atoms with Gasteiger partial charge in [0.2, 0.25) is 0 Å². The number of rotatable bonds is 4. The van der Waals surface area contributed by atoms with Crippen LogP contribution in [-0.4, -0.2) is 34.0 Å². The molecule has 0 radical (unpaired) electrons. The van der Waals surface area contributed by atoms with Crippen molar-refractivity contribution in [3.8, 4) is 5.75 Å². The van der Waals surface area contributed by atoms with E-state index in [1.165, 1.54) is 33.8 Å². The van der Waals surface area contributed by atoms with Gasteiger partial charge in [-0.1, -0.05) is 6.07 Å². The lowest BCUT2D eigenvalue weighted by molar-refractivity contribution is -0.146. The lowest BCUT2D eigenvalue weighted by atomic mass is 10.00. The zero-order valence-electron chi connectivity index (χ0n) is 14.1. The Hall–Kier alpha value is -2.29. The Morgan fingerprint density at radius 2 is 1.76 bits per heavy atom. The Bertz CT molecular complexity index is 661. The van der Waals surface area contributed by atoms with Crippen molar-refractivity contribution >= 4 is 12.1 Å². The van der Waals surface area contributed by atoms with Gasteiger partial charge in [-0.3, -0.25) is 0 Å². The van der Waals surface area contributed by atoms with Gasteiger partial charge in [-0.2, -0.15) is 13.2 Å². The van der Waals surface area contributed by atoms with Crippen LogP contribution in [0, 0.1) is 6.92 Å². The number of aliphatic carboxylic acids is 1. The summed E-state index contributed by atoms with van der Waals surface area (Å²) < 4.78 is 49.4. The molecular weight excluding hydrogens is 345 g/mol. The third kappa shape index (κ3) is 6.26. The van der Waals surface area contributed by atoms with Gasteiger partial charge in [0.15, 0.2) is 6.10 Å². The summed E-state index contributed by atoms with van der Waals surface area (Å²) in [5, 5.41) is 18.0. The first-order valence-corrected chi connectivity index (χ1v) is 7.23. The van der Waals surface area contributed by atoms with E-state index >= 15 is 0 Å². The van der Waals surface area contributed by atoms with Gasteiger partial charge in [0.25, 0.3) is 0 Å². The van der Waals surface area contributed by atoms with Crippen LogP contribution in [0.3, 0.4) is 0 Å². The van der Waals surface area contributed by atoms with Crippen LogP contribution in [0.2, 0.25) is 0 Å². The number of carbonyl (C=O) groups excluding carboxylic acids is 1. The average Bonchev–Trinajstić information content (AvgIpc) is 2.37. The third-order valence-electron chi connectivity index (χ3n) is 2.93. The third-order valence-corrected chi connectivity index (χ3v) is 2.93. The molecule has 0 saturated heterocycles. The first-order valence-electron chi connectivity index (χ1n) is 7.23. The summed E-state index contributed by atoms with van der Waals surface area (Å²) in [5.41, 5.74) is -2.31. The van der Waals surface area contributed by atoms with E-state index in [-0.39, 0.29) is 11.1 Å². The van der Waals surface area contributed by atoms with Crippen LogP contribution in [0.1, 0.15) is 37.5 Å². The van der Waals surface area contributed by atoms with Crippen molar-refractivity contribution < 1.29 is 42.4 Å². The van der Waals surface area contributed by atoms with Gasteiger partial charge >= 0.3 is 18.3 Å². The molecule has 2 N–H and O–H groups in total. The van der Waals surface area contributed by atoms with Crippen molar-refractivity contribution in [1.29, 1.82) is 0 Å². The summed E-state index contributed by atoms with van der Waals surface area (Å²) in [6, 6.07) is 1.85. The number of aryl methyl sites for hydroxylation is 1. The molecule has 0 amide bonds. The monoisotopic (exact) mass is 364 g/mol. The number of ether oxygens (including phenoxy) is 2. The molecule has 0 aliphatic carbocycles. The smallest absolute Gasteiger partial charge is 0.479 e. The number of carbonyl (C=O) groups is 2. The Morgan fingerprint density at radius 1 is 1.20 bits per heavy atom. The highest BCUT2D eigenvalue weighted by Crippen LogP contribution is 2.39. The van der Waals surface area contributed by atoms with E-state index in [0.717, 1.165) is 0 Å². The lowest BCUT2D eigenvalue weighted by Crippen LogP contribution is -2.27. The lowest BCUT2D eigenvalue weighted by Gasteiger charge is -2.21. The largest absolute Gasteiger partial charge is 0.514 e. The number of benzene rings is 1. The van der Waals surface area contributed by atoms with Gasteiger partial charge in [-0.25, -0.2) is 9.59 Å². The minimum atomic E-state index is -4.85. The van der Waals surface area contributed by atoms with E-state index in [2.05, 4.69) is 0 Å². The Balaban J connectivity index is 3.25. The Kier molecular flexibility index (Phi) is 6.06. The molecule has 25 heavy (non-hydrogen) atoms. The molecule has 6 nitrogen and oxygen atoms in total. The minimum Gasteiger partial charge on any atom is -0.479 e. The highest BCUT2D eigenvalue weighted by Gasteiger charge is 2.37. The molecule has 0 aromatic heterocycles. The fraction of sp³-hybridized carbons (Fsp3) is 0.500. The second-order valence-electron chi connectivity index (χ2n) is 6.41. The van der Waals surface area contributed by atoms with Crippen LogP contribution in [0.5, 0.6) is 5.75 Å². The van der Waals surface area contributed by atoms with Crippen molar-refractivity contribution in [3.63, 3.8) is 0 Å². The van der Waals surface area contributed by atoms with E-state index < -0.39 is 47.7 Å². The van der Waals surface area contributed by atoms with Gasteiger partial charge in [0, 0.05) is 6.42 Å². The highest BCUT2D eigenvalue weighted by atomic mass is 19.4. The summed E-state index contributed by atoms with van der Waals surface area (Å²) in [7, 11) is 0. The molecule has 0 aliphatic rings. The molecule has 0 unspecified atom stereocenters. The topological polar surface area (TPSA) is 93.1 Å². The summed E-state index contributed by atoms with van der Waals surface area (Å²) in [6.07, 6.45) is -8.52. The molecule has 1 aromatic carbocycles. The standard InChI is InChI=1S/C16H19F3O6/c1-8-5-9(7-11(20)13(21)22)6-10(16(17,18)19)12(8)24-14(23)25-15(2,3)4/h5-6,11,20H,7H2,1-4H3,(H,21,22)/t11-/m1/s1. The minimum absolute atomic E-state index is 0.0479. The Morgan fingerprint density at radius 3 is 2.20 bits per heavy atom. The molecule has 9 heteroatoms. The molecule has 1 aromatic rings. The van der Waals surface area contributed by atoms with E-state index in [0.29, 0.717) is 6.07 Å². The van der Waals surface area contributed by atoms with E-state index in [1.54, 1.807) is 0 Å². The van der Waals surface area contributed by atoms with E-state index in [4.69, 9.17) is 14.6 Å². The van der Waals surface area contributed by atoms with Crippen molar-refractivity contribution in [2.75, 3.05) is 0 Å². The highest BCUT2D eigenvalue weighted by molar-refractivity contribution is 5.72. The van der Waals surface area contributed by atoms with Gasteiger partial charge in [0.1, 0.15) is 11.4 Å². The molecular formula is C16H19F3O6. The Labute approximate surface area is 142 Å². The number of alkyl halides is 3. The van der Waals surface area contributed by atoms with E-state index in [9.17, 15) is 27.9 Å². The van der Waals surface area contributed by atoms with Crippen LogP contribution >= 0.6 is 0 Å².